The Balaban J connectivity index is 1.67. The number of fused-ring (bicyclic) bond motifs is 2. The highest BCUT2D eigenvalue weighted by Gasteiger charge is 2.24. The fourth-order valence-corrected chi connectivity index (χ4v) is 4.04. The van der Waals surface area contributed by atoms with Crippen molar-refractivity contribution >= 4 is 27.5 Å². The minimum Gasteiger partial charge on any atom is -0.455 e. The average Bonchev–Trinajstić information content (AvgIpc) is 3.19. The molecule has 0 N–H and O–H groups in total. The van der Waals surface area contributed by atoms with E-state index in [1.165, 1.54) is 11.3 Å². The van der Waals surface area contributed by atoms with Crippen LogP contribution in [0.4, 0.5) is 0 Å². The second-order valence-corrected chi connectivity index (χ2v) is 6.72. The first-order valence-corrected chi connectivity index (χ1v) is 8.56. The fraction of sp³-hybridized carbons (Fsp3) is 0.294. The van der Waals surface area contributed by atoms with Crippen LogP contribution < -0.4 is 5.56 Å². The van der Waals surface area contributed by atoms with E-state index in [1.807, 2.05) is 6.07 Å². The van der Waals surface area contributed by atoms with Crippen LogP contribution in [-0.2, 0) is 24.3 Å². The standard InChI is InChI=1S/C17H15N3O3S/c1-10-13-15(19-12-6-4-8-20(12)16(13)21)24-14(10)17(22)23-9-11-5-2-3-7-18-11/h2-3,5,7H,4,6,8-9H2,1H3. The van der Waals surface area contributed by atoms with Gasteiger partial charge in [-0.25, -0.2) is 9.78 Å². The molecule has 0 saturated carbocycles. The summed E-state index contributed by atoms with van der Waals surface area (Å²) in [5.41, 5.74) is 1.28. The van der Waals surface area contributed by atoms with Crippen molar-refractivity contribution in [2.24, 2.45) is 0 Å². The maximum atomic E-state index is 12.6. The molecule has 0 aromatic carbocycles. The molecule has 0 fully saturated rings. The van der Waals surface area contributed by atoms with Crippen molar-refractivity contribution in [3.8, 4) is 0 Å². The van der Waals surface area contributed by atoms with Crippen LogP contribution in [0.5, 0.6) is 0 Å². The first-order valence-electron chi connectivity index (χ1n) is 7.75. The van der Waals surface area contributed by atoms with E-state index < -0.39 is 5.97 Å². The van der Waals surface area contributed by atoms with Crippen LogP contribution in [0.1, 0.15) is 33.2 Å². The molecule has 0 bridgehead atoms. The Labute approximate surface area is 141 Å². The van der Waals surface area contributed by atoms with E-state index in [0.717, 1.165) is 18.7 Å². The highest BCUT2D eigenvalue weighted by molar-refractivity contribution is 7.20. The Hall–Kier alpha value is -2.54. The molecule has 24 heavy (non-hydrogen) atoms. The molecule has 1 aliphatic heterocycles. The van der Waals surface area contributed by atoms with Gasteiger partial charge in [0.05, 0.1) is 11.1 Å². The summed E-state index contributed by atoms with van der Waals surface area (Å²) in [6.07, 6.45) is 3.40. The number of rotatable bonds is 3. The predicted molar refractivity (Wildman–Crippen MR) is 90.3 cm³/mol. The number of thiophene rings is 1. The maximum Gasteiger partial charge on any atom is 0.349 e. The van der Waals surface area contributed by atoms with Gasteiger partial charge in [-0.2, -0.15) is 0 Å². The Morgan fingerprint density at radius 2 is 2.29 bits per heavy atom. The molecule has 0 atom stereocenters. The van der Waals surface area contributed by atoms with E-state index in [4.69, 9.17) is 4.74 Å². The normalized spacial score (nSPS) is 13.2. The zero-order valence-corrected chi connectivity index (χ0v) is 13.9. The molecule has 0 saturated heterocycles. The lowest BCUT2D eigenvalue weighted by molar-refractivity contribution is 0.0473. The summed E-state index contributed by atoms with van der Waals surface area (Å²) < 4.78 is 7.05. The van der Waals surface area contributed by atoms with Crippen LogP contribution in [0.3, 0.4) is 0 Å². The molecule has 3 aromatic heterocycles. The fourth-order valence-electron chi connectivity index (χ4n) is 2.96. The third-order valence-electron chi connectivity index (χ3n) is 4.17. The van der Waals surface area contributed by atoms with Gasteiger partial charge in [0, 0.05) is 19.2 Å². The van der Waals surface area contributed by atoms with Gasteiger partial charge in [-0.05, 0) is 31.0 Å². The van der Waals surface area contributed by atoms with Gasteiger partial charge in [-0.1, -0.05) is 6.07 Å². The van der Waals surface area contributed by atoms with Crippen molar-refractivity contribution in [1.29, 1.82) is 0 Å². The summed E-state index contributed by atoms with van der Waals surface area (Å²) in [5.74, 6) is 0.368. The monoisotopic (exact) mass is 341 g/mol. The molecule has 4 rings (SSSR count). The summed E-state index contributed by atoms with van der Waals surface area (Å²) in [4.78, 5) is 34.8. The molecule has 0 aliphatic carbocycles. The number of pyridine rings is 1. The van der Waals surface area contributed by atoms with Crippen LogP contribution in [0, 0.1) is 6.92 Å². The first kappa shape index (κ1) is 15.0. The van der Waals surface area contributed by atoms with E-state index in [9.17, 15) is 9.59 Å². The number of esters is 1. The van der Waals surface area contributed by atoms with E-state index in [-0.39, 0.29) is 12.2 Å². The number of aromatic nitrogens is 3. The third kappa shape index (κ3) is 2.41. The largest absolute Gasteiger partial charge is 0.455 e. The molecule has 1 aliphatic rings. The highest BCUT2D eigenvalue weighted by Crippen LogP contribution is 2.29. The number of ether oxygens (including phenoxy) is 1. The lowest BCUT2D eigenvalue weighted by atomic mass is 10.2. The van der Waals surface area contributed by atoms with Crippen LogP contribution in [-0.4, -0.2) is 20.5 Å². The van der Waals surface area contributed by atoms with Crippen molar-refractivity contribution in [1.82, 2.24) is 14.5 Å². The summed E-state index contributed by atoms with van der Waals surface area (Å²) in [6.45, 7) is 2.59. The van der Waals surface area contributed by atoms with Crippen molar-refractivity contribution in [3.05, 3.63) is 56.7 Å². The summed E-state index contributed by atoms with van der Waals surface area (Å²) >= 11 is 1.23. The van der Waals surface area contributed by atoms with Gasteiger partial charge in [-0.3, -0.25) is 14.3 Å². The number of carbonyl (C=O) groups is 1. The Bertz CT molecular complexity index is 992. The van der Waals surface area contributed by atoms with Gasteiger partial charge >= 0.3 is 5.97 Å². The van der Waals surface area contributed by atoms with Gasteiger partial charge in [0.15, 0.2) is 0 Å². The van der Waals surface area contributed by atoms with Crippen LogP contribution in [0.15, 0.2) is 29.2 Å². The molecule has 122 valence electrons. The lowest BCUT2D eigenvalue weighted by Crippen LogP contribution is -2.20. The van der Waals surface area contributed by atoms with E-state index in [1.54, 1.807) is 29.8 Å². The minimum atomic E-state index is -0.439. The average molecular weight is 341 g/mol. The topological polar surface area (TPSA) is 74.1 Å². The molecular weight excluding hydrogens is 326 g/mol. The van der Waals surface area contributed by atoms with Gasteiger partial charge in [0.2, 0.25) is 0 Å². The van der Waals surface area contributed by atoms with Gasteiger partial charge in [-0.15, -0.1) is 11.3 Å². The molecular formula is C17H15N3O3S. The predicted octanol–water partition coefficient (Wildman–Crippen LogP) is 2.46. The summed E-state index contributed by atoms with van der Waals surface area (Å²) in [6, 6.07) is 5.44. The smallest absolute Gasteiger partial charge is 0.349 e. The number of hydrogen-bond acceptors (Lipinski definition) is 6. The maximum absolute atomic E-state index is 12.6. The van der Waals surface area contributed by atoms with Gasteiger partial charge < -0.3 is 4.74 Å². The Kier molecular flexibility index (Phi) is 3.65. The number of carbonyl (C=O) groups excluding carboxylic acids is 1. The third-order valence-corrected chi connectivity index (χ3v) is 5.34. The van der Waals surface area contributed by atoms with Crippen LogP contribution in [0.25, 0.3) is 10.2 Å². The second-order valence-electron chi connectivity index (χ2n) is 5.72. The molecule has 7 heteroatoms. The molecule has 6 nitrogen and oxygen atoms in total. The molecule has 0 spiro atoms. The molecule has 3 aromatic rings. The first-order chi connectivity index (χ1) is 11.6. The Morgan fingerprint density at radius 3 is 3.08 bits per heavy atom. The number of hydrogen-bond donors (Lipinski definition) is 0. The molecule has 0 unspecified atom stereocenters. The SMILES string of the molecule is Cc1c(C(=O)OCc2ccccn2)sc2nc3n(c(=O)c12)CCC3. The lowest BCUT2D eigenvalue weighted by Gasteiger charge is -2.03. The van der Waals surface area contributed by atoms with Gasteiger partial charge in [0.1, 0.15) is 22.1 Å². The number of aryl methyl sites for hydroxylation is 2. The molecule has 0 amide bonds. The van der Waals surface area contributed by atoms with E-state index in [2.05, 4.69) is 9.97 Å². The quantitative estimate of drug-likeness (QED) is 0.684. The zero-order chi connectivity index (χ0) is 16.7. The Morgan fingerprint density at radius 1 is 1.42 bits per heavy atom. The minimum absolute atomic E-state index is 0.0509. The van der Waals surface area contributed by atoms with Gasteiger partial charge in [0.25, 0.3) is 5.56 Å². The second kappa shape index (κ2) is 5.83. The van der Waals surface area contributed by atoms with E-state index >= 15 is 0 Å². The van der Waals surface area contributed by atoms with Crippen LogP contribution in [0.2, 0.25) is 0 Å². The van der Waals surface area contributed by atoms with E-state index in [0.29, 0.717) is 32.9 Å². The molecule has 0 radical (unpaired) electrons. The number of nitrogens with zero attached hydrogens (tertiary/aromatic N) is 3. The highest BCUT2D eigenvalue weighted by atomic mass is 32.1. The van der Waals surface area contributed by atoms with Crippen LogP contribution >= 0.6 is 11.3 Å². The summed E-state index contributed by atoms with van der Waals surface area (Å²) in [5, 5.41) is 0.537. The van der Waals surface area contributed by atoms with Crippen molar-refractivity contribution in [3.63, 3.8) is 0 Å². The summed E-state index contributed by atoms with van der Waals surface area (Å²) in [7, 11) is 0. The van der Waals surface area contributed by atoms with Crippen molar-refractivity contribution in [2.75, 3.05) is 0 Å². The zero-order valence-electron chi connectivity index (χ0n) is 13.1. The van der Waals surface area contributed by atoms with Crippen molar-refractivity contribution in [2.45, 2.75) is 32.9 Å². The van der Waals surface area contributed by atoms with Crippen molar-refractivity contribution < 1.29 is 9.53 Å². The molecule has 4 heterocycles.